The molecule has 0 aliphatic heterocycles. The van der Waals surface area contributed by atoms with E-state index in [1.165, 1.54) is 0 Å². The Labute approximate surface area is 142 Å². The van der Waals surface area contributed by atoms with Crippen LogP contribution in [0.15, 0.2) is 67.0 Å². The Morgan fingerprint density at radius 1 is 1.00 bits per heavy atom. The van der Waals surface area contributed by atoms with Crippen molar-refractivity contribution in [1.29, 1.82) is 0 Å². The number of hydrogen-bond acceptors (Lipinski definition) is 5. The fourth-order valence-electron chi connectivity index (χ4n) is 2.37. The van der Waals surface area contributed by atoms with Crippen molar-refractivity contribution in [1.82, 2.24) is 9.97 Å². The van der Waals surface area contributed by atoms with E-state index in [1.807, 2.05) is 79.5 Å². The zero-order valence-corrected chi connectivity index (χ0v) is 13.8. The average molecular weight is 320 g/mol. The van der Waals surface area contributed by atoms with Gasteiger partial charge in [0.1, 0.15) is 23.7 Å². The summed E-state index contributed by atoms with van der Waals surface area (Å²) in [6.45, 7) is 2.58. The number of ether oxygens (including phenoxy) is 1. The SMILES string of the molecule is CCOc1ccccc1Nc1cc(N(C)c2ccccc2)ncn1. The van der Waals surface area contributed by atoms with Crippen LogP contribution >= 0.6 is 0 Å². The second-order valence-electron chi connectivity index (χ2n) is 5.21. The fraction of sp³-hybridized carbons (Fsp3) is 0.158. The van der Waals surface area contributed by atoms with Crippen molar-refractivity contribution in [2.45, 2.75) is 6.92 Å². The third-order valence-corrected chi connectivity index (χ3v) is 3.59. The molecular formula is C19H20N4O. The number of para-hydroxylation sites is 3. The topological polar surface area (TPSA) is 50.3 Å². The van der Waals surface area contributed by atoms with E-state index in [2.05, 4.69) is 15.3 Å². The molecule has 3 aromatic rings. The molecule has 0 atom stereocenters. The van der Waals surface area contributed by atoms with E-state index >= 15 is 0 Å². The minimum absolute atomic E-state index is 0.616. The van der Waals surface area contributed by atoms with Gasteiger partial charge in [0.2, 0.25) is 0 Å². The Morgan fingerprint density at radius 2 is 1.75 bits per heavy atom. The van der Waals surface area contributed by atoms with Crippen LogP contribution in [0.3, 0.4) is 0 Å². The number of hydrogen-bond donors (Lipinski definition) is 1. The maximum atomic E-state index is 5.64. The summed E-state index contributed by atoms with van der Waals surface area (Å²) in [6, 6.07) is 19.8. The normalized spacial score (nSPS) is 10.2. The Hall–Kier alpha value is -3.08. The molecule has 0 amide bonds. The molecule has 0 saturated carbocycles. The smallest absolute Gasteiger partial charge is 0.142 e. The third-order valence-electron chi connectivity index (χ3n) is 3.59. The molecule has 5 heteroatoms. The lowest BCUT2D eigenvalue weighted by atomic mass is 10.3. The minimum Gasteiger partial charge on any atom is -0.492 e. The lowest BCUT2D eigenvalue weighted by Gasteiger charge is -2.19. The third kappa shape index (κ3) is 3.63. The van der Waals surface area contributed by atoms with E-state index < -0.39 is 0 Å². The highest BCUT2D eigenvalue weighted by atomic mass is 16.5. The molecule has 0 saturated heterocycles. The van der Waals surface area contributed by atoms with Gasteiger partial charge in [-0.2, -0.15) is 0 Å². The number of nitrogens with one attached hydrogen (secondary N) is 1. The van der Waals surface area contributed by atoms with Crippen LogP contribution in [-0.2, 0) is 0 Å². The van der Waals surface area contributed by atoms with Crippen molar-refractivity contribution < 1.29 is 4.74 Å². The van der Waals surface area contributed by atoms with E-state index in [0.29, 0.717) is 6.61 Å². The molecule has 1 N–H and O–H groups in total. The maximum Gasteiger partial charge on any atom is 0.142 e. The van der Waals surface area contributed by atoms with Crippen molar-refractivity contribution in [3.8, 4) is 5.75 Å². The molecule has 0 bridgehead atoms. The lowest BCUT2D eigenvalue weighted by Crippen LogP contribution is -2.11. The molecular weight excluding hydrogens is 300 g/mol. The van der Waals surface area contributed by atoms with Crippen LogP contribution in [0.4, 0.5) is 23.0 Å². The lowest BCUT2D eigenvalue weighted by molar-refractivity contribution is 0.342. The first kappa shape index (κ1) is 15.8. The van der Waals surface area contributed by atoms with Crippen LogP contribution in [0, 0.1) is 0 Å². The standard InChI is InChI=1S/C19H20N4O/c1-3-24-17-12-8-7-11-16(17)22-18-13-19(21-14-20-18)23(2)15-9-5-4-6-10-15/h4-14H,3H2,1-2H3,(H,20,21,22). The zero-order chi connectivity index (χ0) is 16.8. The Bertz CT molecular complexity index is 792. The highest BCUT2D eigenvalue weighted by molar-refractivity contribution is 5.67. The Kier molecular flexibility index (Phi) is 4.91. The van der Waals surface area contributed by atoms with Gasteiger partial charge in [0.15, 0.2) is 0 Å². The van der Waals surface area contributed by atoms with Gasteiger partial charge in [-0.05, 0) is 31.2 Å². The van der Waals surface area contributed by atoms with Crippen molar-refractivity contribution in [2.75, 3.05) is 23.9 Å². The van der Waals surface area contributed by atoms with E-state index in [1.54, 1.807) is 6.33 Å². The van der Waals surface area contributed by atoms with Gasteiger partial charge in [0.05, 0.1) is 12.3 Å². The largest absolute Gasteiger partial charge is 0.492 e. The highest BCUT2D eigenvalue weighted by Gasteiger charge is 2.08. The first-order chi connectivity index (χ1) is 11.8. The van der Waals surface area contributed by atoms with Crippen molar-refractivity contribution in [3.05, 3.63) is 67.0 Å². The summed E-state index contributed by atoms with van der Waals surface area (Å²) >= 11 is 0. The molecule has 0 spiro atoms. The van der Waals surface area contributed by atoms with Crippen LogP contribution in [-0.4, -0.2) is 23.6 Å². The van der Waals surface area contributed by atoms with Gasteiger partial charge in [0.25, 0.3) is 0 Å². The highest BCUT2D eigenvalue weighted by Crippen LogP contribution is 2.28. The summed E-state index contributed by atoms with van der Waals surface area (Å²) in [7, 11) is 1.98. The average Bonchev–Trinajstić information content (AvgIpc) is 2.64. The van der Waals surface area contributed by atoms with Gasteiger partial charge >= 0.3 is 0 Å². The predicted octanol–water partition coefficient (Wildman–Crippen LogP) is 4.39. The van der Waals surface area contributed by atoms with Gasteiger partial charge in [-0.25, -0.2) is 9.97 Å². The Balaban J connectivity index is 1.84. The first-order valence-electron chi connectivity index (χ1n) is 7.87. The van der Waals surface area contributed by atoms with Gasteiger partial charge in [0, 0.05) is 18.8 Å². The number of rotatable bonds is 6. The molecule has 5 nitrogen and oxygen atoms in total. The molecule has 0 radical (unpaired) electrons. The maximum absolute atomic E-state index is 5.64. The van der Waals surface area contributed by atoms with Crippen molar-refractivity contribution >= 4 is 23.0 Å². The van der Waals surface area contributed by atoms with Crippen LogP contribution in [0.2, 0.25) is 0 Å². The van der Waals surface area contributed by atoms with Crippen LogP contribution < -0.4 is 15.0 Å². The summed E-state index contributed by atoms with van der Waals surface area (Å²) in [5, 5.41) is 3.30. The van der Waals surface area contributed by atoms with Crippen molar-refractivity contribution in [2.24, 2.45) is 0 Å². The first-order valence-corrected chi connectivity index (χ1v) is 7.87. The van der Waals surface area contributed by atoms with E-state index in [-0.39, 0.29) is 0 Å². The van der Waals surface area contributed by atoms with E-state index in [9.17, 15) is 0 Å². The predicted molar refractivity (Wildman–Crippen MR) is 97.4 cm³/mol. The quantitative estimate of drug-likeness (QED) is 0.730. The second-order valence-corrected chi connectivity index (χ2v) is 5.21. The van der Waals surface area contributed by atoms with Gasteiger partial charge in [-0.15, -0.1) is 0 Å². The van der Waals surface area contributed by atoms with Gasteiger partial charge < -0.3 is 15.0 Å². The van der Waals surface area contributed by atoms with E-state index in [0.717, 1.165) is 28.8 Å². The van der Waals surface area contributed by atoms with E-state index in [4.69, 9.17) is 4.74 Å². The number of aromatic nitrogens is 2. The summed E-state index contributed by atoms with van der Waals surface area (Å²) in [4.78, 5) is 10.7. The molecule has 0 unspecified atom stereocenters. The molecule has 0 aliphatic carbocycles. The summed E-state index contributed by atoms with van der Waals surface area (Å²) in [5.41, 5.74) is 1.95. The molecule has 24 heavy (non-hydrogen) atoms. The summed E-state index contributed by atoms with van der Waals surface area (Å²) in [5.74, 6) is 2.33. The molecule has 1 heterocycles. The monoisotopic (exact) mass is 320 g/mol. The molecule has 3 rings (SSSR count). The summed E-state index contributed by atoms with van der Waals surface area (Å²) < 4.78 is 5.64. The molecule has 0 fully saturated rings. The van der Waals surface area contributed by atoms with Crippen LogP contribution in [0.25, 0.3) is 0 Å². The summed E-state index contributed by atoms with van der Waals surface area (Å²) in [6.07, 6.45) is 1.56. The van der Waals surface area contributed by atoms with Crippen molar-refractivity contribution in [3.63, 3.8) is 0 Å². The second kappa shape index (κ2) is 7.46. The minimum atomic E-state index is 0.616. The van der Waals surface area contributed by atoms with Crippen LogP contribution in [0.1, 0.15) is 6.92 Å². The number of benzene rings is 2. The zero-order valence-electron chi connectivity index (χ0n) is 13.8. The van der Waals surface area contributed by atoms with Gasteiger partial charge in [-0.1, -0.05) is 30.3 Å². The van der Waals surface area contributed by atoms with Gasteiger partial charge in [-0.3, -0.25) is 0 Å². The Morgan fingerprint density at radius 3 is 2.54 bits per heavy atom. The molecule has 1 aromatic heterocycles. The molecule has 0 aliphatic rings. The molecule has 122 valence electrons. The van der Waals surface area contributed by atoms with Crippen LogP contribution in [0.5, 0.6) is 5.75 Å². The fourth-order valence-corrected chi connectivity index (χ4v) is 2.37. The molecule has 2 aromatic carbocycles. The number of anilines is 4. The number of nitrogens with zero attached hydrogens (tertiary/aromatic N) is 3.